The fraction of sp³-hybridized carbons (Fsp3) is 0.357. The summed E-state index contributed by atoms with van der Waals surface area (Å²) >= 11 is 0. The first kappa shape index (κ1) is 14.0. The number of carbonyl (C=O) groups excluding carboxylic acids is 1. The second kappa shape index (κ2) is 4.96. The highest BCUT2D eigenvalue weighted by molar-refractivity contribution is 6.01. The van der Waals surface area contributed by atoms with Crippen LogP contribution in [0.4, 0.5) is 5.69 Å². The Morgan fingerprint density at radius 3 is 2.30 bits per heavy atom. The number of aromatic nitrogens is 3. The van der Waals surface area contributed by atoms with E-state index in [-0.39, 0.29) is 11.2 Å². The molecule has 2 N–H and O–H groups in total. The number of H-pyrrole nitrogens is 1. The molecule has 1 heterocycles. The van der Waals surface area contributed by atoms with Crippen LogP contribution in [0.5, 0.6) is 0 Å². The number of aryl methyl sites for hydroxylation is 1. The zero-order chi connectivity index (χ0) is 14.9. The number of aromatic amines is 1. The molecule has 0 saturated heterocycles. The normalized spacial score (nSPS) is 11.4. The summed E-state index contributed by atoms with van der Waals surface area (Å²) in [5.41, 5.74) is 1.49. The molecule has 106 valence electrons. The molecule has 0 unspecified atom stereocenters. The molecule has 0 fully saturated rings. The maximum atomic E-state index is 11.9. The van der Waals surface area contributed by atoms with Crippen molar-refractivity contribution in [1.29, 1.82) is 0 Å². The van der Waals surface area contributed by atoms with Gasteiger partial charge in [-0.15, -0.1) is 5.10 Å². The van der Waals surface area contributed by atoms with Crippen LogP contribution >= 0.6 is 0 Å². The van der Waals surface area contributed by atoms with E-state index in [1.54, 1.807) is 0 Å². The maximum absolute atomic E-state index is 11.9. The number of hydrogen-bond acceptors (Lipinski definition) is 3. The van der Waals surface area contributed by atoms with Crippen LogP contribution in [0.25, 0.3) is 0 Å². The Balaban J connectivity index is 2.14. The molecule has 0 bridgehead atoms. The molecule has 0 aliphatic carbocycles. The van der Waals surface area contributed by atoms with Gasteiger partial charge in [0.05, 0.1) is 0 Å². The molecule has 6 heteroatoms. The van der Waals surface area contributed by atoms with Crippen molar-refractivity contribution in [3.63, 3.8) is 0 Å². The summed E-state index contributed by atoms with van der Waals surface area (Å²) in [5, 5.41) is 6.49. The van der Waals surface area contributed by atoms with Crippen molar-refractivity contribution in [2.45, 2.75) is 26.2 Å². The van der Waals surface area contributed by atoms with Crippen LogP contribution in [0.15, 0.2) is 29.1 Å². The van der Waals surface area contributed by atoms with Gasteiger partial charge < -0.3 is 5.32 Å². The summed E-state index contributed by atoms with van der Waals surface area (Å²) in [6.07, 6.45) is 0. The van der Waals surface area contributed by atoms with Crippen molar-refractivity contribution in [3.05, 3.63) is 46.1 Å². The van der Waals surface area contributed by atoms with Gasteiger partial charge in [-0.2, -0.15) is 0 Å². The Morgan fingerprint density at radius 1 is 1.25 bits per heavy atom. The van der Waals surface area contributed by atoms with Crippen molar-refractivity contribution in [2.75, 3.05) is 5.32 Å². The highest BCUT2D eigenvalue weighted by Crippen LogP contribution is 2.23. The molecule has 2 rings (SSSR count). The van der Waals surface area contributed by atoms with Gasteiger partial charge in [0.1, 0.15) is 0 Å². The number of nitrogens with zero attached hydrogens (tertiary/aromatic N) is 2. The minimum atomic E-state index is -0.439. The Hall–Kier alpha value is -2.37. The maximum Gasteiger partial charge on any atom is 0.343 e. The van der Waals surface area contributed by atoms with Gasteiger partial charge in [0.25, 0.3) is 5.91 Å². The number of nitrogens with one attached hydrogen (secondary N) is 2. The Kier molecular flexibility index (Phi) is 3.48. The van der Waals surface area contributed by atoms with E-state index in [2.05, 4.69) is 36.2 Å². The van der Waals surface area contributed by atoms with Crippen LogP contribution in [0, 0.1) is 0 Å². The van der Waals surface area contributed by atoms with Crippen LogP contribution in [-0.2, 0) is 12.5 Å². The van der Waals surface area contributed by atoms with E-state index in [0.29, 0.717) is 5.69 Å². The largest absolute Gasteiger partial charge is 0.343 e. The second-order valence-electron chi connectivity index (χ2n) is 5.68. The van der Waals surface area contributed by atoms with Crippen LogP contribution in [0.2, 0.25) is 0 Å². The van der Waals surface area contributed by atoms with E-state index in [4.69, 9.17) is 0 Å². The first-order chi connectivity index (χ1) is 9.27. The number of anilines is 1. The third-order valence-electron chi connectivity index (χ3n) is 2.99. The van der Waals surface area contributed by atoms with Crippen molar-refractivity contribution in [2.24, 2.45) is 7.05 Å². The van der Waals surface area contributed by atoms with Gasteiger partial charge >= 0.3 is 5.69 Å². The Labute approximate surface area is 116 Å². The molecule has 1 aromatic heterocycles. The fourth-order valence-electron chi connectivity index (χ4n) is 1.75. The molecule has 2 aromatic rings. The van der Waals surface area contributed by atoms with Gasteiger partial charge in [0, 0.05) is 12.7 Å². The fourth-order valence-corrected chi connectivity index (χ4v) is 1.75. The predicted octanol–water partition coefficient (Wildman–Crippen LogP) is 1.66. The van der Waals surface area contributed by atoms with E-state index in [1.165, 1.54) is 12.6 Å². The lowest BCUT2D eigenvalue weighted by Crippen LogP contribution is -2.15. The van der Waals surface area contributed by atoms with Gasteiger partial charge in [0.15, 0.2) is 0 Å². The zero-order valence-corrected chi connectivity index (χ0v) is 12.0. The smallest absolute Gasteiger partial charge is 0.319 e. The number of carbonyl (C=O) groups is 1. The highest BCUT2D eigenvalue weighted by atomic mass is 16.2. The van der Waals surface area contributed by atoms with Crippen LogP contribution in [-0.4, -0.2) is 20.7 Å². The third-order valence-corrected chi connectivity index (χ3v) is 2.99. The van der Waals surface area contributed by atoms with Gasteiger partial charge in [-0.05, 0) is 23.1 Å². The van der Waals surface area contributed by atoms with Crippen molar-refractivity contribution < 1.29 is 4.79 Å². The Morgan fingerprint density at radius 2 is 1.85 bits per heavy atom. The lowest BCUT2D eigenvalue weighted by molar-refractivity contribution is 0.101. The monoisotopic (exact) mass is 274 g/mol. The quantitative estimate of drug-likeness (QED) is 0.874. The standard InChI is InChI=1S/C14H18N4O2/c1-14(2,3)9-5-7-10(8-6-9)15-12(19)11-16-13(20)18(4)17-11/h5-8H,1-4H3,(H,15,19)(H,16,17,20). The Bertz CT molecular complexity index is 674. The average Bonchev–Trinajstić information content (AvgIpc) is 2.69. The molecule has 0 radical (unpaired) electrons. The van der Waals surface area contributed by atoms with Gasteiger partial charge in [0.2, 0.25) is 5.82 Å². The molecule has 0 aliphatic heterocycles. The molecule has 6 nitrogen and oxygen atoms in total. The van der Waals surface area contributed by atoms with E-state index >= 15 is 0 Å². The number of benzene rings is 1. The van der Waals surface area contributed by atoms with E-state index < -0.39 is 11.6 Å². The summed E-state index contributed by atoms with van der Waals surface area (Å²) in [5.74, 6) is -0.441. The molecule has 0 saturated carbocycles. The molecule has 0 spiro atoms. The number of hydrogen-bond donors (Lipinski definition) is 2. The van der Waals surface area contributed by atoms with Crippen molar-refractivity contribution >= 4 is 11.6 Å². The van der Waals surface area contributed by atoms with E-state index in [9.17, 15) is 9.59 Å². The summed E-state index contributed by atoms with van der Waals surface area (Å²) in [7, 11) is 1.48. The summed E-state index contributed by atoms with van der Waals surface area (Å²) in [4.78, 5) is 25.5. The molecule has 20 heavy (non-hydrogen) atoms. The molecule has 1 amide bonds. The number of rotatable bonds is 2. The predicted molar refractivity (Wildman–Crippen MR) is 76.9 cm³/mol. The molecular formula is C14H18N4O2. The van der Waals surface area contributed by atoms with Crippen molar-refractivity contribution in [1.82, 2.24) is 14.8 Å². The van der Waals surface area contributed by atoms with E-state index in [0.717, 1.165) is 4.68 Å². The first-order valence-corrected chi connectivity index (χ1v) is 6.32. The first-order valence-electron chi connectivity index (χ1n) is 6.32. The van der Waals surface area contributed by atoms with Gasteiger partial charge in [-0.3, -0.25) is 9.78 Å². The van der Waals surface area contributed by atoms with Gasteiger partial charge in [-0.1, -0.05) is 32.9 Å². The van der Waals surface area contributed by atoms with E-state index in [1.807, 2.05) is 24.3 Å². The van der Waals surface area contributed by atoms with Crippen molar-refractivity contribution in [3.8, 4) is 0 Å². The summed E-state index contributed by atoms with van der Waals surface area (Å²) in [6, 6.07) is 7.60. The highest BCUT2D eigenvalue weighted by Gasteiger charge is 2.14. The zero-order valence-electron chi connectivity index (χ0n) is 12.0. The lowest BCUT2D eigenvalue weighted by atomic mass is 9.87. The summed E-state index contributed by atoms with van der Waals surface area (Å²) < 4.78 is 1.08. The summed E-state index contributed by atoms with van der Waals surface area (Å²) in [6.45, 7) is 6.37. The SMILES string of the molecule is Cn1nc(C(=O)Nc2ccc(C(C)(C)C)cc2)[nH]c1=O. The minimum Gasteiger partial charge on any atom is -0.319 e. The topological polar surface area (TPSA) is 79.8 Å². The van der Waals surface area contributed by atoms with Crippen LogP contribution < -0.4 is 11.0 Å². The van der Waals surface area contributed by atoms with Crippen LogP contribution in [0.3, 0.4) is 0 Å². The molecular weight excluding hydrogens is 256 g/mol. The molecule has 0 aliphatic rings. The minimum absolute atomic E-state index is 0.00241. The molecule has 1 aromatic carbocycles. The molecule has 0 atom stereocenters. The number of amides is 1. The second-order valence-corrected chi connectivity index (χ2v) is 5.68. The third kappa shape index (κ3) is 2.96. The average molecular weight is 274 g/mol. The van der Waals surface area contributed by atoms with Crippen LogP contribution in [0.1, 0.15) is 37.0 Å². The van der Waals surface area contributed by atoms with Gasteiger partial charge in [-0.25, -0.2) is 9.48 Å². The lowest BCUT2D eigenvalue weighted by Gasteiger charge is -2.19.